The van der Waals surface area contributed by atoms with Crippen LogP contribution in [-0.2, 0) is 11.2 Å². The molecular weight excluding hydrogens is 337 g/mol. The number of ether oxygens (including phenoxy) is 1. The summed E-state index contributed by atoms with van der Waals surface area (Å²) in [6.45, 7) is 3.64. The predicted octanol–water partition coefficient (Wildman–Crippen LogP) is 2.37. The van der Waals surface area contributed by atoms with Crippen molar-refractivity contribution in [3.63, 3.8) is 0 Å². The van der Waals surface area contributed by atoms with E-state index in [1.807, 2.05) is 6.92 Å². The summed E-state index contributed by atoms with van der Waals surface area (Å²) in [5, 5.41) is 12.2. The van der Waals surface area contributed by atoms with Crippen LogP contribution in [0.3, 0.4) is 0 Å². The van der Waals surface area contributed by atoms with E-state index < -0.39 is 11.9 Å². The Morgan fingerprint density at radius 2 is 1.92 bits per heavy atom. The Balaban J connectivity index is 2.57. The van der Waals surface area contributed by atoms with Gasteiger partial charge in [0.05, 0.1) is 5.54 Å². The third kappa shape index (κ3) is 7.74. The van der Waals surface area contributed by atoms with Gasteiger partial charge in [-0.25, -0.2) is 0 Å². The second-order valence-electron chi connectivity index (χ2n) is 6.32. The zero-order valence-electron chi connectivity index (χ0n) is 14.4. The minimum absolute atomic E-state index is 0.170. The topological polar surface area (TPSA) is 84.6 Å². The van der Waals surface area contributed by atoms with Crippen LogP contribution in [0.15, 0.2) is 24.3 Å². The Morgan fingerprint density at radius 3 is 2.40 bits per heavy atom. The summed E-state index contributed by atoms with van der Waals surface area (Å²) in [4.78, 5) is 12.1. The van der Waals surface area contributed by atoms with Gasteiger partial charge in [-0.2, -0.15) is 0 Å². The molecule has 0 spiro atoms. The van der Waals surface area contributed by atoms with Crippen LogP contribution in [0, 0.1) is 5.92 Å². The van der Waals surface area contributed by atoms with E-state index >= 15 is 0 Å². The van der Waals surface area contributed by atoms with E-state index in [0.717, 1.165) is 12.0 Å². The summed E-state index contributed by atoms with van der Waals surface area (Å²) in [7, 11) is 0. The summed E-state index contributed by atoms with van der Waals surface area (Å²) in [6.07, 6.45) is -3.01. The molecule has 142 valence electrons. The lowest BCUT2D eigenvalue weighted by Gasteiger charge is -2.24. The van der Waals surface area contributed by atoms with Crippen molar-refractivity contribution in [2.24, 2.45) is 11.7 Å². The van der Waals surface area contributed by atoms with E-state index in [1.165, 1.54) is 24.3 Å². The van der Waals surface area contributed by atoms with E-state index in [2.05, 4.69) is 10.1 Å². The van der Waals surface area contributed by atoms with Crippen LogP contribution >= 0.6 is 0 Å². The molecule has 1 aromatic rings. The molecule has 1 rings (SSSR count). The molecule has 0 heterocycles. The second-order valence-corrected chi connectivity index (χ2v) is 6.32. The molecule has 0 aromatic heterocycles. The van der Waals surface area contributed by atoms with Gasteiger partial charge in [0.1, 0.15) is 5.75 Å². The van der Waals surface area contributed by atoms with Gasteiger partial charge in [-0.1, -0.05) is 25.5 Å². The van der Waals surface area contributed by atoms with E-state index in [9.17, 15) is 23.1 Å². The number of amides is 1. The number of carbonyl (C=O) groups excluding carboxylic acids is 1. The van der Waals surface area contributed by atoms with Gasteiger partial charge in [0.2, 0.25) is 5.91 Å². The summed E-state index contributed by atoms with van der Waals surface area (Å²) >= 11 is 0. The summed E-state index contributed by atoms with van der Waals surface area (Å²) in [5.41, 5.74) is 5.70. The minimum Gasteiger partial charge on any atom is -0.406 e. The van der Waals surface area contributed by atoms with Crippen LogP contribution in [0.25, 0.3) is 0 Å². The van der Waals surface area contributed by atoms with Gasteiger partial charge in [-0.15, -0.1) is 13.2 Å². The van der Waals surface area contributed by atoms with E-state index in [4.69, 9.17) is 5.73 Å². The quantitative estimate of drug-likeness (QED) is 0.630. The van der Waals surface area contributed by atoms with Gasteiger partial charge in [0.15, 0.2) is 0 Å². The van der Waals surface area contributed by atoms with Gasteiger partial charge >= 0.3 is 6.36 Å². The number of hydrogen-bond acceptors (Lipinski definition) is 4. The number of rotatable bonds is 9. The molecule has 0 aliphatic rings. The average Bonchev–Trinajstić information content (AvgIpc) is 2.51. The first kappa shape index (κ1) is 21.2. The van der Waals surface area contributed by atoms with Crippen molar-refractivity contribution in [1.82, 2.24) is 5.32 Å². The smallest absolute Gasteiger partial charge is 0.406 e. The Morgan fingerprint density at radius 1 is 1.32 bits per heavy atom. The standard InChI is InChI=1S/C17H25F3N2O3/c1-3-8-16(2,21)15(24)22-10-13(11-23)9-12-4-6-14(7-5-12)25-17(18,19)20/h4-7,13,23H,3,8-11,21H2,1-2H3,(H,22,24). The fraction of sp³-hybridized carbons (Fsp3) is 0.588. The Hall–Kier alpha value is -1.80. The van der Waals surface area contributed by atoms with Crippen molar-refractivity contribution in [3.05, 3.63) is 29.8 Å². The summed E-state index contributed by atoms with van der Waals surface area (Å²) < 4.78 is 40.2. The zero-order valence-corrected chi connectivity index (χ0v) is 14.4. The molecule has 2 atom stereocenters. The van der Waals surface area contributed by atoms with E-state index in [0.29, 0.717) is 12.8 Å². The molecule has 8 heteroatoms. The van der Waals surface area contributed by atoms with Crippen LogP contribution < -0.4 is 15.8 Å². The molecular formula is C17H25F3N2O3. The number of carbonyl (C=O) groups is 1. The van der Waals surface area contributed by atoms with Crippen LogP contribution in [-0.4, -0.2) is 36.1 Å². The SMILES string of the molecule is CCCC(C)(N)C(=O)NCC(CO)Cc1ccc(OC(F)(F)F)cc1. The van der Waals surface area contributed by atoms with Gasteiger partial charge in [0.25, 0.3) is 0 Å². The maximum absolute atomic E-state index is 12.1. The first-order chi connectivity index (χ1) is 11.6. The summed E-state index contributed by atoms with van der Waals surface area (Å²) in [5.74, 6) is -0.860. The van der Waals surface area contributed by atoms with Crippen molar-refractivity contribution < 1.29 is 27.8 Å². The first-order valence-corrected chi connectivity index (χ1v) is 8.10. The lowest BCUT2D eigenvalue weighted by molar-refractivity contribution is -0.274. The summed E-state index contributed by atoms with van der Waals surface area (Å²) in [6, 6.07) is 5.42. The molecule has 0 fully saturated rings. The Bertz CT molecular complexity index is 545. The number of hydrogen-bond donors (Lipinski definition) is 3. The van der Waals surface area contributed by atoms with Gasteiger partial charge in [0, 0.05) is 19.1 Å². The van der Waals surface area contributed by atoms with Crippen LogP contribution in [0.5, 0.6) is 5.75 Å². The monoisotopic (exact) mass is 362 g/mol. The van der Waals surface area contributed by atoms with E-state index in [-0.39, 0.29) is 30.7 Å². The molecule has 0 bridgehead atoms. The number of alkyl halides is 3. The molecule has 0 saturated heterocycles. The molecule has 0 radical (unpaired) electrons. The molecule has 4 N–H and O–H groups in total. The zero-order chi connectivity index (χ0) is 19.1. The molecule has 1 amide bonds. The lowest BCUT2D eigenvalue weighted by Crippen LogP contribution is -2.52. The van der Waals surface area contributed by atoms with Crippen LogP contribution in [0.1, 0.15) is 32.3 Å². The number of aliphatic hydroxyl groups excluding tert-OH is 1. The van der Waals surface area contributed by atoms with Crippen LogP contribution in [0.2, 0.25) is 0 Å². The number of benzene rings is 1. The molecule has 25 heavy (non-hydrogen) atoms. The maximum atomic E-state index is 12.1. The largest absolute Gasteiger partial charge is 0.573 e. The lowest BCUT2D eigenvalue weighted by atomic mass is 9.95. The molecule has 0 saturated carbocycles. The van der Waals surface area contributed by atoms with Crippen molar-refractivity contribution in [1.29, 1.82) is 0 Å². The number of halogens is 3. The van der Waals surface area contributed by atoms with E-state index in [1.54, 1.807) is 6.92 Å². The average molecular weight is 362 g/mol. The highest BCUT2D eigenvalue weighted by atomic mass is 19.4. The molecule has 0 aliphatic carbocycles. The van der Waals surface area contributed by atoms with Crippen molar-refractivity contribution in [2.75, 3.05) is 13.2 Å². The first-order valence-electron chi connectivity index (χ1n) is 8.10. The predicted molar refractivity (Wildman–Crippen MR) is 87.9 cm³/mol. The minimum atomic E-state index is -4.73. The van der Waals surface area contributed by atoms with Gasteiger partial charge in [-0.3, -0.25) is 4.79 Å². The molecule has 1 aromatic carbocycles. The fourth-order valence-electron chi connectivity index (χ4n) is 2.43. The third-order valence-electron chi connectivity index (χ3n) is 3.78. The van der Waals surface area contributed by atoms with Crippen molar-refractivity contribution >= 4 is 5.91 Å². The third-order valence-corrected chi connectivity index (χ3v) is 3.78. The number of aliphatic hydroxyl groups is 1. The highest BCUT2D eigenvalue weighted by Crippen LogP contribution is 2.23. The van der Waals surface area contributed by atoms with Crippen molar-refractivity contribution in [3.8, 4) is 5.75 Å². The van der Waals surface area contributed by atoms with Gasteiger partial charge < -0.3 is 20.9 Å². The second kappa shape index (κ2) is 9.05. The molecule has 2 unspecified atom stereocenters. The maximum Gasteiger partial charge on any atom is 0.573 e. The van der Waals surface area contributed by atoms with Gasteiger partial charge in [-0.05, 0) is 37.5 Å². The Kier molecular flexibility index (Phi) is 7.69. The normalized spacial score (nSPS) is 15.3. The van der Waals surface area contributed by atoms with Crippen LogP contribution in [0.4, 0.5) is 13.2 Å². The highest BCUT2D eigenvalue weighted by molar-refractivity contribution is 5.85. The fourth-order valence-corrected chi connectivity index (χ4v) is 2.43. The molecule has 5 nitrogen and oxygen atoms in total. The number of nitrogens with one attached hydrogen (secondary N) is 1. The van der Waals surface area contributed by atoms with Crippen molar-refractivity contribution in [2.45, 2.75) is 45.0 Å². The number of nitrogens with two attached hydrogens (primary N) is 1. The molecule has 0 aliphatic heterocycles. The Labute approximate surface area is 145 Å². The highest BCUT2D eigenvalue weighted by Gasteiger charge is 2.31.